The highest BCUT2D eigenvalue weighted by Gasteiger charge is 2.68. The summed E-state index contributed by atoms with van der Waals surface area (Å²) in [5, 5.41) is 0. The number of halogens is 18. The van der Waals surface area contributed by atoms with Gasteiger partial charge in [0.1, 0.15) is 0 Å². The lowest BCUT2D eigenvalue weighted by atomic mass is 10.3. The normalized spacial score (nSPS) is 14.8. The minimum absolute atomic E-state index is 0.189. The van der Waals surface area contributed by atoms with Gasteiger partial charge >= 0.3 is 35.5 Å². The highest BCUT2D eigenvalue weighted by molar-refractivity contribution is 7.77. The fourth-order valence-corrected chi connectivity index (χ4v) is 23.4. The van der Waals surface area contributed by atoms with Crippen LogP contribution in [-0.4, -0.2) is 109 Å². The zero-order valence-corrected chi connectivity index (χ0v) is 48.7. The van der Waals surface area contributed by atoms with Gasteiger partial charge in [-0.1, -0.05) is 120 Å². The van der Waals surface area contributed by atoms with Crippen molar-refractivity contribution in [1.29, 1.82) is 0 Å². The van der Waals surface area contributed by atoms with Crippen LogP contribution in [0.25, 0.3) is 0 Å². The van der Waals surface area contributed by atoms with Gasteiger partial charge in [0.15, 0.2) is 0 Å². The fourth-order valence-electron chi connectivity index (χ4n) is 8.36. The van der Waals surface area contributed by atoms with Crippen LogP contribution >= 0.6 is 29.6 Å². The Balaban J connectivity index is -0.000000473. The van der Waals surface area contributed by atoms with Crippen LogP contribution in [0.15, 0.2) is 0 Å². The van der Waals surface area contributed by atoms with Crippen LogP contribution < -0.4 is 14.7 Å². The monoisotopic (exact) mass is 1200 g/mol. The molecule has 0 bridgehead atoms. The summed E-state index contributed by atoms with van der Waals surface area (Å²) >= 11 is 0. The first-order valence-electron chi connectivity index (χ1n) is 26.3. The molecule has 0 saturated carbocycles. The Morgan fingerprint density at radius 3 is 0.500 bits per heavy atom. The summed E-state index contributed by atoms with van der Waals surface area (Å²) in [7, 11) is -14.7. The lowest BCUT2D eigenvalue weighted by molar-refractivity contribution is -0.432. The second-order valence-corrected chi connectivity index (χ2v) is 32.8. The number of hydrogen-bond donors (Lipinski definition) is 0. The zero-order valence-electron chi connectivity index (χ0n) is 45.2. The van der Waals surface area contributed by atoms with E-state index < -0.39 is 103 Å². The summed E-state index contributed by atoms with van der Waals surface area (Å²) in [5.74, 6) is 0. The molecule has 0 aromatic rings. The van der Waals surface area contributed by atoms with E-state index in [4.69, 9.17) is 19.2 Å². The van der Waals surface area contributed by atoms with E-state index in [9.17, 15) is 79.0 Å². The van der Waals surface area contributed by atoms with Crippen LogP contribution in [0.5, 0.6) is 0 Å². The number of unbranched alkanes of at least 4 members (excludes halogenated alkanes) is 9. The third kappa shape index (κ3) is 33.0. The van der Waals surface area contributed by atoms with E-state index in [2.05, 4.69) is 0 Å². The minimum atomic E-state index is -5.39. The molecule has 3 atom stereocenters. The molecule has 0 aliphatic rings. The highest BCUT2D eigenvalue weighted by Crippen LogP contribution is 2.76. The van der Waals surface area contributed by atoms with Crippen molar-refractivity contribution < 1.29 is 98.3 Å². The number of alkyl halides is 18. The van der Waals surface area contributed by atoms with Crippen LogP contribution in [0, 0.1) is 0 Å². The molecule has 74 heavy (non-hydrogen) atoms. The number of hydrogen-bond acceptors (Lipinski definition) is 4. The minimum Gasteiger partial charge on any atom is -0.822 e. The first-order valence-corrected chi connectivity index (χ1v) is 34.7. The van der Waals surface area contributed by atoms with Crippen LogP contribution in [-0.2, 0) is 4.57 Å². The molecule has 0 aromatic heterocycles. The van der Waals surface area contributed by atoms with E-state index in [0.717, 1.165) is 0 Å². The molecule has 0 aliphatic carbocycles. The quantitative estimate of drug-likeness (QED) is 0.0462. The van der Waals surface area contributed by atoms with Gasteiger partial charge in [-0.3, -0.25) is 0 Å². The van der Waals surface area contributed by atoms with Gasteiger partial charge in [-0.15, -0.1) is 0 Å². The van der Waals surface area contributed by atoms with Gasteiger partial charge in [0.25, 0.3) is 0 Å². The summed E-state index contributed by atoms with van der Waals surface area (Å²) in [5.41, 5.74) is -11.5. The van der Waals surface area contributed by atoms with Gasteiger partial charge in [-0.2, -0.15) is 73.7 Å². The van der Waals surface area contributed by atoms with Gasteiger partial charge in [0.05, 0.1) is 96.5 Å². The molecule has 0 heterocycles. The summed E-state index contributed by atoms with van der Waals surface area (Å²) in [6.07, 6.45) is -17.6. The van der Waals surface area contributed by atoms with Gasteiger partial charge in [0.2, 0.25) is 18.5 Å². The van der Waals surface area contributed by atoms with Crippen molar-refractivity contribution >= 4 is 29.6 Å². The standard InChI is InChI=1S/3C16H30F6P.H3O4P/c3*1-4-7-10-23(11-8-5-2,12-9-6-3)16(21,22)14(17)13-15(18,19)20;1-5(2,3)4/h3*14H,4-13H2,1-3H3;(H3,1,2,3,4)/q3*+1;/p-3. The Bertz CT molecular complexity index is 1200. The Morgan fingerprint density at radius 2 is 0.419 bits per heavy atom. The second-order valence-electron chi connectivity index (χ2n) is 19.2. The number of rotatable bonds is 36. The topological polar surface area (TPSA) is 86.2 Å². The van der Waals surface area contributed by atoms with Crippen LogP contribution in [0.4, 0.5) is 79.0 Å². The molecule has 0 fully saturated rings. The zero-order chi connectivity index (χ0) is 58.9. The van der Waals surface area contributed by atoms with E-state index in [1.807, 2.05) is 62.3 Å². The molecular formula is C48H90F18O4P4. The smallest absolute Gasteiger partial charge is 0.392 e. The van der Waals surface area contributed by atoms with Crippen molar-refractivity contribution in [2.75, 3.05) is 55.5 Å². The highest BCUT2D eigenvalue weighted by atomic mass is 31.2. The third-order valence-corrected chi connectivity index (χ3v) is 27.9. The third-order valence-electron chi connectivity index (χ3n) is 12.7. The van der Waals surface area contributed by atoms with Gasteiger partial charge in [0, 0.05) is 0 Å². The first kappa shape index (κ1) is 80.6. The average molecular weight is 1200 g/mol. The summed E-state index contributed by atoms with van der Waals surface area (Å²) < 4.78 is 251. The summed E-state index contributed by atoms with van der Waals surface area (Å²) in [4.78, 5) is 25.6. The van der Waals surface area contributed by atoms with Crippen molar-refractivity contribution in [3.63, 3.8) is 0 Å². The predicted molar refractivity (Wildman–Crippen MR) is 268 cm³/mol. The van der Waals surface area contributed by atoms with Crippen molar-refractivity contribution in [1.82, 2.24) is 0 Å². The molecule has 26 heteroatoms. The molecule has 0 N–H and O–H groups in total. The SMILES string of the molecule is CCCC[P+](CCCC)(CCCC)C(F)(F)C(F)CC(F)(F)F.CCCC[P+](CCCC)(CCCC)C(F)(F)C(F)CC(F)(F)F.CCCC[P+](CCCC)(CCCC)C(F)(F)C(F)CC(F)(F)F.O=P([O-])([O-])[O-]. The van der Waals surface area contributed by atoms with E-state index in [-0.39, 0.29) is 55.5 Å². The lowest BCUT2D eigenvalue weighted by Gasteiger charge is -2.36. The largest absolute Gasteiger partial charge is 0.822 e. The molecule has 0 radical (unpaired) electrons. The maximum atomic E-state index is 14.8. The number of phosphoric acid groups is 1. The molecule has 0 rings (SSSR count). The van der Waals surface area contributed by atoms with Crippen LogP contribution in [0.2, 0.25) is 0 Å². The Kier molecular flexibility index (Phi) is 42.2. The average Bonchev–Trinajstić information content (AvgIpc) is 3.26. The molecule has 0 saturated heterocycles. The molecule has 0 aliphatic heterocycles. The molecule has 3 unspecified atom stereocenters. The van der Waals surface area contributed by atoms with E-state index in [1.165, 1.54) is 0 Å². The van der Waals surface area contributed by atoms with E-state index in [0.29, 0.717) is 116 Å². The van der Waals surface area contributed by atoms with Gasteiger partial charge < -0.3 is 19.2 Å². The Hall–Kier alpha value is 0.140. The lowest BCUT2D eigenvalue weighted by Crippen LogP contribution is -2.39. The maximum Gasteiger partial charge on any atom is 0.392 e. The van der Waals surface area contributed by atoms with Crippen molar-refractivity contribution in [3.8, 4) is 0 Å². The molecule has 0 spiro atoms. The maximum absolute atomic E-state index is 14.8. The van der Waals surface area contributed by atoms with Gasteiger partial charge in [-0.25, -0.2) is 13.2 Å². The van der Waals surface area contributed by atoms with Gasteiger partial charge in [-0.05, 0) is 57.8 Å². The second kappa shape index (κ2) is 38.7. The molecule has 4 nitrogen and oxygen atoms in total. The molecule has 452 valence electrons. The van der Waals surface area contributed by atoms with Crippen LogP contribution in [0.3, 0.4) is 0 Å². The van der Waals surface area contributed by atoms with E-state index in [1.54, 1.807) is 0 Å². The van der Waals surface area contributed by atoms with Crippen molar-refractivity contribution in [2.45, 2.75) is 251 Å². The summed E-state index contributed by atoms with van der Waals surface area (Å²) in [6, 6.07) is 0. The van der Waals surface area contributed by atoms with Crippen molar-refractivity contribution in [2.24, 2.45) is 0 Å². The molecule has 0 aromatic carbocycles. The summed E-state index contributed by atoms with van der Waals surface area (Å²) in [6.45, 7) is 16.7. The van der Waals surface area contributed by atoms with E-state index >= 15 is 0 Å². The Morgan fingerprint density at radius 1 is 0.311 bits per heavy atom. The molecule has 0 amide bonds. The first-order chi connectivity index (χ1) is 33.7. The predicted octanol–water partition coefficient (Wildman–Crippen LogP) is 19.0. The molecular weight excluding hydrogens is 1110 g/mol. The fraction of sp³-hybridized carbons (Fsp3) is 1.00. The van der Waals surface area contributed by atoms with Crippen molar-refractivity contribution in [3.05, 3.63) is 0 Å². The van der Waals surface area contributed by atoms with Crippen LogP contribution in [0.1, 0.15) is 197 Å². The Labute approximate surface area is 433 Å².